The molecule has 2 aromatic rings. The monoisotopic (exact) mass is 328 g/mol. The zero-order valence-corrected chi connectivity index (χ0v) is 13.1. The summed E-state index contributed by atoms with van der Waals surface area (Å²) >= 11 is 0. The summed E-state index contributed by atoms with van der Waals surface area (Å²) in [5.41, 5.74) is 3.62. The Bertz CT molecular complexity index is 802. The summed E-state index contributed by atoms with van der Waals surface area (Å²) in [6, 6.07) is 10.8. The average molecular weight is 328 g/mol. The van der Waals surface area contributed by atoms with Crippen LogP contribution in [0.3, 0.4) is 0 Å². The van der Waals surface area contributed by atoms with Gasteiger partial charge in [0.15, 0.2) is 5.75 Å². The van der Waals surface area contributed by atoms with Crippen molar-refractivity contribution in [1.82, 2.24) is 5.43 Å². The Morgan fingerprint density at radius 3 is 2.71 bits per heavy atom. The van der Waals surface area contributed by atoms with Gasteiger partial charge in [-0.15, -0.1) is 0 Å². The van der Waals surface area contributed by atoms with E-state index in [1.165, 1.54) is 18.3 Å². The lowest BCUT2D eigenvalue weighted by Gasteiger charge is -2.12. The van der Waals surface area contributed by atoms with E-state index < -0.39 is 22.3 Å². The van der Waals surface area contributed by atoms with Crippen molar-refractivity contribution in [2.45, 2.75) is 0 Å². The van der Waals surface area contributed by atoms with Crippen molar-refractivity contribution in [3.8, 4) is 5.75 Å². The maximum atomic E-state index is 12.0. The molecule has 124 valence electrons. The predicted octanol–water partition coefficient (Wildman–Crippen LogP) is 2.13. The fourth-order valence-corrected chi connectivity index (χ4v) is 1.92. The smallest absolute Gasteiger partial charge is 0.311 e. The Balaban J connectivity index is 2.09. The molecule has 0 aliphatic rings. The van der Waals surface area contributed by atoms with Gasteiger partial charge in [0, 0.05) is 37.0 Å². The first-order valence-electron chi connectivity index (χ1n) is 6.96. The van der Waals surface area contributed by atoms with Crippen molar-refractivity contribution in [3.63, 3.8) is 0 Å². The molecule has 0 saturated carbocycles. The maximum Gasteiger partial charge on any atom is 0.311 e. The van der Waals surface area contributed by atoms with Gasteiger partial charge in [0.2, 0.25) is 0 Å². The van der Waals surface area contributed by atoms with E-state index in [1.807, 2.05) is 25.1 Å². The van der Waals surface area contributed by atoms with Crippen LogP contribution >= 0.6 is 0 Å². The highest BCUT2D eigenvalue weighted by molar-refractivity contribution is 5.95. The normalized spacial score (nSPS) is 10.6. The van der Waals surface area contributed by atoms with Gasteiger partial charge < -0.3 is 10.0 Å². The fraction of sp³-hybridized carbons (Fsp3) is 0.125. The molecular formula is C16H16N4O4. The van der Waals surface area contributed by atoms with Gasteiger partial charge in [0.05, 0.1) is 11.1 Å². The highest BCUT2D eigenvalue weighted by atomic mass is 16.6. The summed E-state index contributed by atoms with van der Waals surface area (Å²) in [5, 5.41) is 23.9. The third-order valence-corrected chi connectivity index (χ3v) is 3.20. The number of carbonyl (C=O) groups excluding carboxylic acids is 1. The van der Waals surface area contributed by atoms with Gasteiger partial charge in [-0.2, -0.15) is 5.10 Å². The quantitative estimate of drug-likeness (QED) is 0.496. The number of anilines is 1. The molecule has 24 heavy (non-hydrogen) atoms. The van der Waals surface area contributed by atoms with Gasteiger partial charge in [0.1, 0.15) is 0 Å². The molecule has 0 aliphatic heterocycles. The Morgan fingerprint density at radius 1 is 1.29 bits per heavy atom. The van der Waals surface area contributed by atoms with Gasteiger partial charge in [-0.05, 0) is 30.3 Å². The lowest BCUT2D eigenvalue weighted by molar-refractivity contribution is -0.385. The average Bonchev–Trinajstić information content (AvgIpc) is 2.56. The molecule has 0 atom stereocenters. The van der Waals surface area contributed by atoms with Crippen LogP contribution in [0.2, 0.25) is 0 Å². The van der Waals surface area contributed by atoms with E-state index in [9.17, 15) is 20.0 Å². The number of nitro benzene ring substituents is 1. The second kappa shape index (κ2) is 7.23. The van der Waals surface area contributed by atoms with Crippen molar-refractivity contribution in [1.29, 1.82) is 0 Å². The van der Waals surface area contributed by atoms with E-state index >= 15 is 0 Å². The minimum atomic E-state index is -0.696. The molecule has 0 bridgehead atoms. The van der Waals surface area contributed by atoms with E-state index in [1.54, 1.807) is 18.2 Å². The summed E-state index contributed by atoms with van der Waals surface area (Å²) in [6.07, 6.45) is 1.26. The first-order chi connectivity index (χ1) is 11.4. The zero-order chi connectivity index (χ0) is 17.7. The van der Waals surface area contributed by atoms with Crippen molar-refractivity contribution < 1.29 is 14.8 Å². The Labute approximate surface area is 138 Å². The molecule has 2 N–H and O–H groups in total. The van der Waals surface area contributed by atoms with Gasteiger partial charge >= 0.3 is 5.69 Å². The molecule has 0 aromatic heterocycles. The van der Waals surface area contributed by atoms with Gasteiger partial charge in [-0.3, -0.25) is 14.9 Å². The first kappa shape index (κ1) is 16.9. The standard InChI is InChI=1S/C16H16N4O4/c1-19(2)13-5-3-4-12(9-13)16(22)18-17-10-11-6-7-15(21)14(8-11)20(23)24/h3-10,21H,1-2H3,(H,18,22)/b17-10+. The summed E-state index contributed by atoms with van der Waals surface area (Å²) in [7, 11) is 3.74. The number of aromatic hydroxyl groups is 1. The number of phenolic OH excluding ortho intramolecular Hbond substituents is 1. The molecule has 2 aromatic carbocycles. The molecule has 8 nitrogen and oxygen atoms in total. The molecule has 0 saturated heterocycles. The number of hydrazone groups is 1. The Kier molecular flexibility index (Phi) is 5.10. The molecule has 0 heterocycles. The number of hydrogen-bond donors (Lipinski definition) is 2. The van der Waals surface area contributed by atoms with Crippen molar-refractivity contribution in [2.24, 2.45) is 5.10 Å². The third-order valence-electron chi connectivity index (χ3n) is 3.20. The summed E-state index contributed by atoms with van der Waals surface area (Å²) in [4.78, 5) is 24.0. The van der Waals surface area contributed by atoms with Crippen molar-refractivity contribution in [3.05, 3.63) is 63.7 Å². The van der Waals surface area contributed by atoms with Crippen LogP contribution in [0, 0.1) is 10.1 Å². The SMILES string of the molecule is CN(C)c1cccc(C(=O)N/N=C/c2ccc(O)c([N+](=O)[O-])c2)c1. The number of nitrogens with one attached hydrogen (secondary N) is 1. The molecule has 0 fully saturated rings. The van der Waals surface area contributed by atoms with Crippen LogP contribution < -0.4 is 10.3 Å². The number of rotatable bonds is 5. The second-order valence-electron chi connectivity index (χ2n) is 5.15. The van der Waals surface area contributed by atoms with E-state index in [0.717, 1.165) is 11.8 Å². The molecule has 0 radical (unpaired) electrons. The first-order valence-corrected chi connectivity index (χ1v) is 6.96. The van der Waals surface area contributed by atoms with Crippen LogP contribution in [0.4, 0.5) is 11.4 Å². The van der Waals surface area contributed by atoms with E-state index in [2.05, 4.69) is 10.5 Å². The molecule has 1 amide bonds. The second-order valence-corrected chi connectivity index (χ2v) is 5.15. The minimum absolute atomic E-state index is 0.377. The number of carbonyl (C=O) groups is 1. The van der Waals surface area contributed by atoms with Gasteiger partial charge in [0.25, 0.3) is 5.91 Å². The third kappa shape index (κ3) is 4.07. The molecule has 0 unspecified atom stereocenters. The predicted molar refractivity (Wildman–Crippen MR) is 90.6 cm³/mol. The molecule has 8 heteroatoms. The topological polar surface area (TPSA) is 108 Å². The number of phenols is 1. The summed E-state index contributed by atoms with van der Waals surface area (Å²) < 4.78 is 0. The van der Waals surface area contributed by atoms with Gasteiger partial charge in [-0.1, -0.05) is 6.07 Å². The van der Waals surface area contributed by atoms with Crippen LogP contribution in [0.1, 0.15) is 15.9 Å². The summed E-state index contributed by atoms with van der Waals surface area (Å²) in [5.74, 6) is -0.829. The van der Waals surface area contributed by atoms with Crippen LogP contribution in [0.5, 0.6) is 5.75 Å². The number of nitro groups is 1. The lowest BCUT2D eigenvalue weighted by Crippen LogP contribution is -2.18. The van der Waals surface area contributed by atoms with Crippen LogP contribution in [0.15, 0.2) is 47.6 Å². The molecule has 0 aliphatic carbocycles. The summed E-state index contributed by atoms with van der Waals surface area (Å²) in [6.45, 7) is 0. The lowest BCUT2D eigenvalue weighted by atomic mass is 10.2. The Morgan fingerprint density at radius 2 is 2.04 bits per heavy atom. The largest absolute Gasteiger partial charge is 0.502 e. The van der Waals surface area contributed by atoms with Gasteiger partial charge in [-0.25, -0.2) is 5.43 Å². The number of nitrogens with zero attached hydrogens (tertiary/aromatic N) is 3. The number of benzene rings is 2. The minimum Gasteiger partial charge on any atom is -0.502 e. The van der Waals surface area contributed by atoms with Crippen molar-refractivity contribution in [2.75, 3.05) is 19.0 Å². The van der Waals surface area contributed by atoms with Crippen LogP contribution in [-0.2, 0) is 0 Å². The van der Waals surface area contributed by atoms with E-state index in [0.29, 0.717) is 11.1 Å². The Hall–Kier alpha value is -3.42. The van der Waals surface area contributed by atoms with Crippen LogP contribution in [0.25, 0.3) is 0 Å². The molecular weight excluding hydrogens is 312 g/mol. The maximum absolute atomic E-state index is 12.0. The van der Waals surface area contributed by atoms with Crippen molar-refractivity contribution >= 4 is 23.5 Å². The van der Waals surface area contributed by atoms with E-state index in [-0.39, 0.29) is 0 Å². The zero-order valence-electron chi connectivity index (χ0n) is 13.1. The molecule has 0 spiro atoms. The van der Waals surface area contributed by atoms with Crippen LogP contribution in [-0.4, -0.2) is 36.2 Å². The fourth-order valence-electron chi connectivity index (χ4n) is 1.92. The van der Waals surface area contributed by atoms with E-state index in [4.69, 9.17) is 0 Å². The highest BCUT2D eigenvalue weighted by Gasteiger charge is 2.12. The molecule has 2 rings (SSSR count). The number of amides is 1. The highest BCUT2D eigenvalue weighted by Crippen LogP contribution is 2.25. The number of hydrogen-bond acceptors (Lipinski definition) is 6.